The van der Waals surface area contributed by atoms with Gasteiger partial charge in [0.1, 0.15) is 5.75 Å². The van der Waals surface area contributed by atoms with Gasteiger partial charge in [0, 0.05) is 12.6 Å². The third kappa shape index (κ3) is 6.26. The number of ether oxygens (including phenoxy) is 1. The number of rotatable bonds is 9. The Balaban J connectivity index is 1.98. The lowest BCUT2D eigenvalue weighted by Gasteiger charge is -2.10. The summed E-state index contributed by atoms with van der Waals surface area (Å²) in [5, 5.41) is 5.12. The van der Waals surface area contributed by atoms with Gasteiger partial charge in [0.15, 0.2) is 0 Å². The van der Waals surface area contributed by atoms with E-state index < -0.39 is 11.7 Å². The highest BCUT2D eigenvalue weighted by atomic mass is 16.5. The van der Waals surface area contributed by atoms with Gasteiger partial charge in [0.05, 0.1) is 17.9 Å². The molecule has 2 aromatic rings. The van der Waals surface area contributed by atoms with Gasteiger partial charge in [-0.3, -0.25) is 14.4 Å². The summed E-state index contributed by atoms with van der Waals surface area (Å²) >= 11 is 0. The Morgan fingerprint density at radius 2 is 1.63 bits per heavy atom. The summed E-state index contributed by atoms with van der Waals surface area (Å²) in [5.74, 6) is -1.10. The molecule has 6 heteroatoms. The molecule has 6 nitrogen and oxygen atoms in total. The SMILES string of the molecule is CCCCCOc1ccc(NC(=O)C(=O)c2ccccc2NC(C)=O)cc1. The summed E-state index contributed by atoms with van der Waals surface area (Å²) in [6.07, 6.45) is 3.25. The molecule has 2 N–H and O–H groups in total. The standard InChI is InChI=1S/C21H24N2O4/c1-3-4-7-14-27-17-12-10-16(11-13-17)23-21(26)20(25)18-8-5-6-9-19(18)22-15(2)24/h5-6,8-13H,3-4,7,14H2,1-2H3,(H,22,24)(H,23,26). The van der Waals surface area contributed by atoms with Crippen molar-refractivity contribution >= 4 is 29.0 Å². The fourth-order valence-corrected chi connectivity index (χ4v) is 2.47. The summed E-state index contributed by atoms with van der Waals surface area (Å²) in [6, 6.07) is 13.2. The van der Waals surface area contributed by atoms with Crippen LogP contribution in [0.25, 0.3) is 0 Å². The molecule has 0 aliphatic rings. The van der Waals surface area contributed by atoms with Crippen LogP contribution in [0.1, 0.15) is 43.5 Å². The predicted molar refractivity (Wildman–Crippen MR) is 105 cm³/mol. The summed E-state index contributed by atoms with van der Waals surface area (Å²) in [6.45, 7) is 4.12. The number of amides is 2. The average Bonchev–Trinajstić information content (AvgIpc) is 2.66. The first kappa shape index (κ1) is 20.2. The van der Waals surface area contributed by atoms with Crippen molar-refractivity contribution in [3.8, 4) is 5.75 Å². The molecule has 2 aromatic carbocycles. The Hall–Kier alpha value is -3.15. The fraction of sp³-hybridized carbons (Fsp3) is 0.286. The van der Waals surface area contributed by atoms with Gasteiger partial charge in [-0.1, -0.05) is 31.9 Å². The van der Waals surface area contributed by atoms with E-state index in [4.69, 9.17) is 4.74 Å². The number of nitrogens with one attached hydrogen (secondary N) is 2. The van der Waals surface area contributed by atoms with Gasteiger partial charge in [0.2, 0.25) is 5.91 Å². The number of ketones is 1. The quantitative estimate of drug-likeness (QED) is 0.397. The number of carbonyl (C=O) groups excluding carboxylic acids is 3. The van der Waals surface area contributed by atoms with Crippen LogP contribution >= 0.6 is 0 Å². The molecule has 0 unspecified atom stereocenters. The van der Waals surface area contributed by atoms with Gasteiger partial charge in [0.25, 0.3) is 11.7 Å². The molecule has 0 fully saturated rings. The van der Waals surface area contributed by atoms with Gasteiger partial charge in [-0.05, 0) is 42.8 Å². The monoisotopic (exact) mass is 368 g/mol. The van der Waals surface area contributed by atoms with Crippen molar-refractivity contribution in [2.75, 3.05) is 17.2 Å². The molecular weight excluding hydrogens is 344 g/mol. The van der Waals surface area contributed by atoms with Crippen LogP contribution in [-0.4, -0.2) is 24.2 Å². The zero-order valence-electron chi connectivity index (χ0n) is 15.6. The molecule has 2 amide bonds. The van der Waals surface area contributed by atoms with E-state index in [1.165, 1.54) is 13.0 Å². The summed E-state index contributed by atoms with van der Waals surface area (Å²) in [7, 11) is 0. The molecule has 27 heavy (non-hydrogen) atoms. The third-order valence-electron chi connectivity index (χ3n) is 3.82. The van der Waals surface area contributed by atoms with Crippen molar-refractivity contribution < 1.29 is 19.1 Å². The largest absolute Gasteiger partial charge is 0.494 e. The number of para-hydroxylation sites is 1. The van der Waals surface area contributed by atoms with Crippen LogP contribution < -0.4 is 15.4 Å². The summed E-state index contributed by atoms with van der Waals surface area (Å²) in [5.41, 5.74) is 0.938. The van der Waals surface area contributed by atoms with Crippen molar-refractivity contribution in [2.24, 2.45) is 0 Å². The highest BCUT2D eigenvalue weighted by molar-refractivity contribution is 6.47. The van der Waals surface area contributed by atoms with E-state index in [0.29, 0.717) is 23.7 Å². The Morgan fingerprint density at radius 3 is 2.30 bits per heavy atom. The average molecular weight is 368 g/mol. The van der Waals surface area contributed by atoms with E-state index >= 15 is 0 Å². The Kier molecular flexibility index (Phi) is 7.55. The molecule has 142 valence electrons. The van der Waals surface area contributed by atoms with Gasteiger partial charge < -0.3 is 15.4 Å². The first-order valence-electron chi connectivity index (χ1n) is 8.96. The van der Waals surface area contributed by atoms with Crippen LogP contribution in [-0.2, 0) is 9.59 Å². The first-order valence-corrected chi connectivity index (χ1v) is 8.96. The van der Waals surface area contributed by atoms with Gasteiger partial charge in [-0.15, -0.1) is 0 Å². The van der Waals surface area contributed by atoms with Crippen molar-refractivity contribution in [1.82, 2.24) is 0 Å². The molecule has 0 saturated carbocycles. The zero-order valence-corrected chi connectivity index (χ0v) is 15.6. The lowest BCUT2D eigenvalue weighted by Crippen LogP contribution is -2.24. The number of unbranched alkanes of at least 4 members (excludes halogenated alkanes) is 2. The molecule has 0 aliphatic heterocycles. The minimum Gasteiger partial charge on any atom is -0.494 e. The minimum atomic E-state index is -0.774. The molecule has 0 saturated heterocycles. The van der Waals surface area contributed by atoms with Crippen molar-refractivity contribution in [3.05, 3.63) is 54.1 Å². The molecule has 0 bridgehead atoms. The maximum atomic E-state index is 12.4. The molecule has 0 aliphatic carbocycles. The highest BCUT2D eigenvalue weighted by Gasteiger charge is 2.20. The zero-order chi connectivity index (χ0) is 19.6. The summed E-state index contributed by atoms with van der Waals surface area (Å²) in [4.78, 5) is 36.0. The number of hydrogen-bond acceptors (Lipinski definition) is 4. The Morgan fingerprint density at radius 1 is 0.926 bits per heavy atom. The first-order chi connectivity index (χ1) is 13.0. The third-order valence-corrected chi connectivity index (χ3v) is 3.82. The normalized spacial score (nSPS) is 10.1. The second-order valence-corrected chi connectivity index (χ2v) is 6.09. The van der Waals surface area contributed by atoms with Crippen molar-refractivity contribution in [2.45, 2.75) is 33.1 Å². The minimum absolute atomic E-state index is 0.140. The number of benzene rings is 2. The molecule has 0 aromatic heterocycles. The maximum absolute atomic E-state index is 12.4. The topological polar surface area (TPSA) is 84.5 Å². The van der Waals surface area contributed by atoms with E-state index in [-0.39, 0.29) is 11.5 Å². The Labute approximate surface area is 158 Å². The molecule has 0 heterocycles. The van der Waals surface area contributed by atoms with Gasteiger partial charge in [-0.25, -0.2) is 0 Å². The number of anilines is 2. The van der Waals surface area contributed by atoms with Crippen molar-refractivity contribution in [1.29, 1.82) is 0 Å². The lowest BCUT2D eigenvalue weighted by molar-refractivity contribution is -0.114. The smallest absolute Gasteiger partial charge is 0.296 e. The highest BCUT2D eigenvalue weighted by Crippen LogP contribution is 2.19. The molecular formula is C21H24N2O4. The van der Waals surface area contributed by atoms with Crippen LogP contribution in [0.2, 0.25) is 0 Å². The van der Waals surface area contributed by atoms with Crippen LogP contribution in [0.15, 0.2) is 48.5 Å². The lowest BCUT2D eigenvalue weighted by atomic mass is 10.1. The second-order valence-electron chi connectivity index (χ2n) is 6.09. The Bertz CT molecular complexity index is 800. The van der Waals surface area contributed by atoms with E-state index in [1.807, 2.05) is 0 Å². The van der Waals surface area contributed by atoms with Crippen LogP contribution in [0.3, 0.4) is 0 Å². The number of Topliss-reactive ketones (excluding diaryl/α,β-unsaturated/α-hetero) is 1. The number of carbonyl (C=O) groups is 3. The van der Waals surface area contributed by atoms with Gasteiger partial charge >= 0.3 is 0 Å². The second kappa shape index (κ2) is 10.1. The molecule has 2 rings (SSSR count). The van der Waals surface area contributed by atoms with Crippen molar-refractivity contribution in [3.63, 3.8) is 0 Å². The molecule has 0 radical (unpaired) electrons. The van der Waals surface area contributed by atoms with E-state index in [2.05, 4.69) is 17.6 Å². The molecule has 0 atom stereocenters. The predicted octanol–water partition coefficient (Wildman–Crippen LogP) is 4.04. The van der Waals surface area contributed by atoms with Gasteiger partial charge in [-0.2, -0.15) is 0 Å². The van der Waals surface area contributed by atoms with E-state index in [9.17, 15) is 14.4 Å². The van der Waals surface area contributed by atoms with Crippen LogP contribution in [0.4, 0.5) is 11.4 Å². The van der Waals surface area contributed by atoms with Crippen LogP contribution in [0, 0.1) is 0 Å². The number of hydrogen-bond donors (Lipinski definition) is 2. The summed E-state index contributed by atoms with van der Waals surface area (Å²) < 4.78 is 5.62. The maximum Gasteiger partial charge on any atom is 0.296 e. The van der Waals surface area contributed by atoms with E-state index in [1.54, 1.807) is 42.5 Å². The molecule has 0 spiro atoms. The van der Waals surface area contributed by atoms with E-state index in [0.717, 1.165) is 19.3 Å². The van der Waals surface area contributed by atoms with Crippen LogP contribution in [0.5, 0.6) is 5.75 Å². The fourth-order valence-electron chi connectivity index (χ4n) is 2.47.